The Balaban J connectivity index is 2.27. The van der Waals surface area contributed by atoms with Gasteiger partial charge in [-0.2, -0.15) is 0 Å². The minimum absolute atomic E-state index is 0.200. The number of hydrogen-bond donors (Lipinski definition) is 0. The van der Waals surface area contributed by atoms with Gasteiger partial charge in [-0.05, 0) is 24.5 Å². The van der Waals surface area contributed by atoms with E-state index in [2.05, 4.69) is 0 Å². The van der Waals surface area contributed by atoms with Crippen LogP contribution in [0.1, 0.15) is 28.4 Å². The normalized spacial score (nSPS) is 10.1. The van der Waals surface area contributed by atoms with Gasteiger partial charge in [-0.15, -0.1) is 0 Å². The molecule has 2 aromatic rings. The molecule has 102 valence electrons. The van der Waals surface area contributed by atoms with Gasteiger partial charge in [0.1, 0.15) is 0 Å². The molecule has 0 radical (unpaired) electrons. The van der Waals surface area contributed by atoms with E-state index in [1.165, 1.54) is 0 Å². The smallest absolute Gasteiger partial charge is 0.379 e. The summed E-state index contributed by atoms with van der Waals surface area (Å²) in [6.07, 6.45) is 0.613. The molecule has 0 aliphatic heterocycles. The number of carbonyl (C=O) groups is 2. The van der Waals surface area contributed by atoms with Crippen LogP contribution in [0.2, 0.25) is 0 Å². The summed E-state index contributed by atoms with van der Waals surface area (Å²) in [5.74, 6) is -1.38. The van der Waals surface area contributed by atoms with Gasteiger partial charge in [0, 0.05) is 5.56 Å². The maximum absolute atomic E-state index is 12.1. The molecule has 0 aromatic heterocycles. The van der Waals surface area contributed by atoms with Crippen molar-refractivity contribution >= 4 is 11.8 Å². The third kappa shape index (κ3) is 3.32. The average Bonchev–Trinajstić information content (AvgIpc) is 2.48. The molecule has 0 unspecified atom stereocenters. The SMILES string of the molecule is CCOC(=O)C(=O)c1ccccc1Cc1ccccc1. The Morgan fingerprint density at radius 1 is 0.950 bits per heavy atom. The molecule has 0 aliphatic carbocycles. The van der Waals surface area contributed by atoms with E-state index < -0.39 is 11.8 Å². The van der Waals surface area contributed by atoms with E-state index in [4.69, 9.17) is 4.74 Å². The minimum Gasteiger partial charge on any atom is -0.460 e. The Morgan fingerprint density at radius 3 is 2.30 bits per heavy atom. The van der Waals surface area contributed by atoms with Gasteiger partial charge in [0.25, 0.3) is 5.78 Å². The van der Waals surface area contributed by atoms with Crippen molar-refractivity contribution in [2.75, 3.05) is 6.61 Å². The van der Waals surface area contributed by atoms with Crippen LogP contribution in [-0.4, -0.2) is 18.4 Å². The number of rotatable bonds is 5. The van der Waals surface area contributed by atoms with Crippen molar-refractivity contribution in [2.45, 2.75) is 13.3 Å². The Kier molecular flexibility index (Phi) is 4.66. The summed E-state index contributed by atoms with van der Waals surface area (Å²) in [6.45, 7) is 1.88. The summed E-state index contributed by atoms with van der Waals surface area (Å²) in [7, 11) is 0. The zero-order valence-corrected chi connectivity index (χ0v) is 11.3. The molecule has 3 nitrogen and oxygen atoms in total. The molecule has 2 rings (SSSR count). The Bertz CT molecular complexity index is 603. The van der Waals surface area contributed by atoms with E-state index in [0.717, 1.165) is 11.1 Å². The second-order valence-electron chi connectivity index (χ2n) is 4.37. The molecule has 0 spiro atoms. The average molecular weight is 268 g/mol. The lowest BCUT2D eigenvalue weighted by molar-refractivity contribution is -0.137. The summed E-state index contributed by atoms with van der Waals surface area (Å²) < 4.78 is 4.77. The summed E-state index contributed by atoms with van der Waals surface area (Å²) in [6, 6.07) is 17.0. The fourth-order valence-electron chi connectivity index (χ4n) is 2.02. The first-order valence-electron chi connectivity index (χ1n) is 6.55. The fourth-order valence-corrected chi connectivity index (χ4v) is 2.02. The molecule has 20 heavy (non-hydrogen) atoms. The molecule has 0 N–H and O–H groups in total. The van der Waals surface area contributed by atoms with Gasteiger partial charge in [-0.25, -0.2) is 4.79 Å². The predicted molar refractivity (Wildman–Crippen MR) is 76.7 cm³/mol. The molecule has 0 saturated carbocycles. The first-order chi connectivity index (χ1) is 9.72. The monoisotopic (exact) mass is 268 g/mol. The highest BCUT2D eigenvalue weighted by Gasteiger charge is 2.20. The molecule has 0 fully saturated rings. The molecule has 0 bridgehead atoms. The number of benzene rings is 2. The Labute approximate surface area is 118 Å². The first kappa shape index (κ1) is 14.0. The molecule has 0 heterocycles. The van der Waals surface area contributed by atoms with E-state index in [1.54, 1.807) is 19.1 Å². The minimum atomic E-state index is -0.798. The fraction of sp³-hybridized carbons (Fsp3) is 0.176. The van der Waals surface area contributed by atoms with Crippen molar-refractivity contribution in [3.63, 3.8) is 0 Å². The Morgan fingerprint density at radius 2 is 1.60 bits per heavy atom. The maximum atomic E-state index is 12.1. The molecule has 0 atom stereocenters. The number of carbonyl (C=O) groups excluding carboxylic acids is 2. The van der Waals surface area contributed by atoms with Crippen LogP contribution in [-0.2, 0) is 16.0 Å². The van der Waals surface area contributed by atoms with E-state index >= 15 is 0 Å². The molecule has 2 aromatic carbocycles. The van der Waals surface area contributed by atoms with Crippen LogP contribution in [0.15, 0.2) is 54.6 Å². The summed E-state index contributed by atoms with van der Waals surface area (Å²) >= 11 is 0. The van der Waals surface area contributed by atoms with Crippen molar-refractivity contribution in [1.29, 1.82) is 0 Å². The first-order valence-corrected chi connectivity index (χ1v) is 6.55. The second-order valence-corrected chi connectivity index (χ2v) is 4.37. The topological polar surface area (TPSA) is 43.4 Å². The summed E-state index contributed by atoms with van der Waals surface area (Å²) in [5, 5.41) is 0. The number of ketones is 1. The van der Waals surface area contributed by atoms with Crippen molar-refractivity contribution in [1.82, 2.24) is 0 Å². The number of esters is 1. The predicted octanol–water partition coefficient (Wildman–Crippen LogP) is 3.02. The van der Waals surface area contributed by atoms with Crippen LogP contribution >= 0.6 is 0 Å². The third-order valence-corrected chi connectivity index (χ3v) is 2.96. The second kappa shape index (κ2) is 6.66. The van der Waals surface area contributed by atoms with Crippen LogP contribution in [0.25, 0.3) is 0 Å². The third-order valence-electron chi connectivity index (χ3n) is 2.96. The zero-order chi connectivity index (χ0) is 14.4. The highest BCUT2D eigenvalue weighted by Crippen LogP contribution is 2.15. The van der Waals surface area contributed by atoms with Gasteiger partial charge >= 0.3 is 5.97 Å². The van der Waals surface area contributed by atoms with Crippen molar-refractivity contribution < 1.29 is 14.3 Å². The molecular formula is C17H16O3. The highest BCUT2D eigenvalue weighted by molar-refractivity contribution is 6.41. The van der Waals surface area contributed by atoms with Gasteiger partial charge in [-0.3, -0.25) is 4.79 Å². The van der Waals surface area contributed by atoms with Gasteiger partial charge in [0.15, 0.2) is 0 Å². The van der Waals surface area contributed by atoms with Crippen molar-refractivity contribution in [3.8, 4) is 0 Å². The van der Waals surface area contributed by atoms with Gasteiger partial charge in [0.05, 0.1) is 6.61 Å². The molecule has 0 saturated heterocycles. The standard InChI is InChI=1S/C17H16O3/c1-2-20-17(19)16(18)15-11-7-6-10-14(15)12-13-8-4-3-5-9-13/h3-11H,2,12H2,1H3. The molecule has 3 heteroatoms. The van der Waals surface area contributed by atoms with E-state index in [9.17, 15) is 9.59 Å². The largest absolute Gasteiger partial charge is 0.460 e. The van der Waals surface area contributed by atoms with Gasteiger partial charge < -0.3 is 4.74 Å². The van der Waals surface area contributed by atoms with E-state index in [0.29, 0.717) is 12.0 Å². The lowest BCUT2D eigenvalue weighted by Crippen LogP contribution is -2.19. The maximum Gasteiger partial charge on any atom is 0.379 e. The quantitative estimate of drug-likeness (QED) is 0.475. The van der Waals surface area contributed by atoms with Crippen LogP contribution in [0.5, 0.6) is 0 Å². The number of Topliss-reactive ketones (excluding diaryl/α,β-unsaturated/α-hetero) is 1. The lowest BCUT2D eigenvalue weighted by atomic mass is 9.97. The van der Waals surface area contributed by atoms with Crippen molar-refractivity contribution in [2.24, 2.45) is 0 Å². The van der Waals surface area contributed by atoms with Crippen molar-refractivity contribution in [3.05, 3.63) is 71.3 Å². The van der Waals surface area contributed by atoms with Crippen LogP contribution < -0.4 is 0 Å². The van der Waals surface area contributed by atoms with Crippen LogP contribution in [0.4, 0.5) is 0 Å². The Hall–Kier alpha value is -2.42. The van der Waals surface area contributed by atoms with Gasteiger partial charge in [0.2, 0.25) is 0 Å². The number of ether oxygens (including phenoxy) is 1. The number of hydrogen-bond acceptors (Lipinski definition) is 3. The van der Waals surface area contributed by atoms with Crippen LogP contribution in [0.3, 0.4) is 0 Å². The van der Waals surface area contributed by atoms with Crippen LogP contribution in [0, 0.1) is 0 Å². The zero-order valence-electron chi connectivity index (χ0n) is 11.3. The molecular weight excluding hydrogens is 252 g/mol. The summed E-state index contributed by atoms with van der Waals surface area (Å²) in [5.41, 5.74) is 2.34. The van der Waals surface area contributed by atoms with E-state index in [1.807, 2.05) is 42.5 Å². The lowest BCUT2D eigenvalue weighted by Gasteiger charge is -2.08. The van der Waals surface area contributed by atoms with E-state index in [-0.39, 0.29) is 6.61 Å². The highest BCUT2D eigenvalue weighted by atomic mass is 16.5. The van der Waals surface area contributed by atoms with Gasteiger partial charge in [-0.1, -0.05) is 54.6 Å². The molecule has 0 amide bonds. The molecule has 0 aliphatic rings. The summed E-state index contributed by atoms with van der Waals surface area (Å²) in [4.78, 5) is 23.6.